The van der Waals surface area contributed by atoms with Crippen LogP contribution in [-0.4, -0.2) is 34.6 Å². The molecular weight excluding hydrogens is 247 g/mol. The fraction of sp³-hybridized carbons (Fsp3) is 0.308. The Kier molecular flexibility index (Phi) is 3.22. The Hall–Kier alpha value is -2.24. The number of ether oxygens (including phenoxy) is 1. The van der Waals surface area contributed by atoms with Gasteiger partial charge in [0.1, 0.15) is 12.1 Å². The lowest BCUT2D eigenvalue weighted by atomic mass is 10.0. The van der Waals surface area contributed by atoms with E-state index in [9.17, 15) is 4.39 Å². The van der Waals surface area contributed by atoms with Gasteiger partial charge in [-0.1, -0.05) is 0 Å². The summed E-state index contributed by atoms with van der Waals surface area (Å²) < 4.78 is 19.0. The largest absolute Gasteiger partial charge is 0.492 e. The Bertz CT molecular complexity index is 545. The Labute approximate surface area is 110 Å². The van der Waals surface area contributed by atoms with Gasteiger partial charge < -0.3 is 9.64 Å². The first-order valence-corrected chi connectivity index (χ1v) is 6.06. The molecule has 5 nitrogen and oxygen atoms in total. The van der Waals surface area contributed by atoms with Crippen LogP contribution in [0.15, 0.2) is 37.1 Å². The number of pyridine rings is 1. The molecular formula is C13H13FN4O. The quantitative estimate of drug-likeness (QED) is 0.834. The van der Waals surface area contributed by atoms with Crippen molar-refractivity contribution >= 4 is 5.82 Å². The molecule has 0 bridgehead atoms. The number of aromatic nitrogens is 3. The lowest BCUT2D eigenvalue weighted by molar-refractivity contribution is 0.218. The summed E-state index contributed by atoms with van der Waals surface area (Å²) in [5.41, 5.74) is 0. The lowest BCUT2D eigenvalue weighted by Crippen LogP contribution is -2.50. The van der Waals surface area contributed by atoms with Crippen LogP contribution in [0.3, 0.4) is 0 Å². The Morgan fingerprint density at radius 2 is 2.21 bits per heavy atom. The normalized spacial score (nSPS) is 15.1. The summed E-state index contributed by atoms with van der Waals surface area (Å²) in [6.07, 6.45) is 5.93. The Morgan fingerprint density at radius 1 is 1.32 bits per heavy atom. The van der Waals surface area contributed by atoms with Gasteiger partial charge in [0.2, 0.25) is 0 Å². The van der Waals surface area contributed by atoms with Gasteiger partial charge in [-0.2, -0.15) is 0 Å². The zero-order chi connectivity index (χ0) is 13.1. The van der Waals surface area contributed by atoms with Gasteiger partial charge in [0.05, 0.1) is 19.0 Å². The molecule has 6 heteroatoms. The van der Waals surface area contributed by atoms with E-state index in [2.05, 4.69) is 15.0 Å². The number of nitrogens with zero attached hydrogens (tertiary/aromatic N) is 4. The van der Waals surface area contributed by atoms with Gasteiger partial charge in [0.25, 0.3) is 0 Å². The molecule has 0 saturated carbocycles. The van der Waals surface area contributed by atoms with Gasteiger partial charge in [-0.25, -0.2) is 14.4 Å². The zero-order valence-corrected chi connectivity index (χ0v) is 10.2. The predicted molar refractivity (Wildman–Crippen MR) is 67.4 cm³/mol. The summed E-state index contributed by atoms with van der Waals surface area (Å²) >= 11 is 0. The number of hydrogen-bond donors (Lipinski definition) is 0. The van der Waals surface area contributed by atoms with E-state index in [-0.39, 0.29) is 5.82 Å². The maximum atomic E-state index is 13.4. The molecule has 0 unspecified atom stereocenters. The van der Waals surface area contributed by atoms with Gasteiger partial charge in [0, 0.05) is 25.2 Å². The molecule has 1 aliphatic heterocycles. The number of rotatable bonds is 4. The lowest BCUT2D eigenvalue weighted by Gasteiger charge is -2.39. The van der Waals surface area contributed by atoms with E-state index in [1.54, 1.807) is 12.4 Å². The van der Waals surface area contributed by atoms with Crippen molar-refractivity contribution in [3.63, 3.8) is 0 Å². The van der Waals surface area contributed by atoms with Crippen molar-refractivity contribution in [3.8, 4) is 5.75 Å². The molecule has 98 valence electrons. The molecule has 1 aliphatic rings. The molecule has 1 fully saturated rings. The summed E-state index contributed by atoms with van der Waals surface area (Å²) in [7, 11) is 0. The molecule has 0 aromatic carbocycles. The third kappa shape index (κ3) is 2.62. The molecule has 0 aliphatic carbocycles. The van der Waals surface area contributed by atoms with Crippen molar-refractivity contribution in [2.45, 2.75) is 0 Å². The first kappa shape index (κ1) is 11.8. The smallest absolute Gasteiger partial charge is 0.183 e. The van der Waals surface area contributed by atoms with Gasteiger partial charge in [-0.3, -0.25) is 4.98 Å². The van der Waals surface area contributed by atoms with E-state index in [1.807, 2.05) is 17.0 Å². The molecule has 3 rings (SSSR count). The van der Waals surface area contributed by atoms with Crippen molar-refractivity contribution < 1.29 is 9.13 Å². The molecule has 1 saturated heterocycles. The second-order valence-electron chi connectivity index (χ2n) is 4.47. The second-order valence-corrected chi connectivity index (χ2v) is 4.47. The van der Waals surface area contributed by atoms with Crippen LogP contribution >= 0.6 is 0 Å². The Morgan fingerprint density at radius 3 is 2.95 bits per heavy atom. The standard InChI is InChI=1S/C13H13FN4O/c14-12-5-16-9-17-13(12)18-6-10(7-18)8-19-11-2-1-3-15-4-11/h1-5,9-10H,6-8H2. The van der Waals surface area contributed by atoms with E-state index in [0.29, 0.717) is 18.3 Å². The van der Waals surface area contributed by atoms with Gasteiger partial charge >= 0.3 is 0 Å². The van der Waals surface area contributed by atoms with Crippen LogP contribution in [0, 0.1) is 11.7 Å². The predicted octanol–water partition coefficient (Wildman–Crippen LogP) is 1.53. The molecule has 0 amide bonds. The minimum Gasteiger partial charge on any atom is -0.492 e. The van der Waals surface area contributed by atoms with Crippen molar-refractivity contribution in [1.29, 1.82) is 0 Å². The average molecular weight is 260 g/mol. The number of halogens is 1. The van der Waals surface area contributed by atoms with Crippen LogP contribution < -0.4 is 9.64 Å². The van der Waals surface area contributed by atoms with Crippen molar-refractivity contribution in [2.75, 3.05) is 24.6 Å². The maximum Gasteiger partial charge on any atom is 0.183 e. The van der Waals surface area contributed by atoms with Crippen molar-refractivity contribution in [2.24, 2.45) is 5.92 Å². The summed E-state index contributed by atoms with van der Waals surface area (Å²) in [5, 5.41) is 0. The monoisotopic (exact) mass is 260 g/mol. The minimum absolute atomic E-state index is 0.368. The highest BCUT2D eigenvalue weighted by atomic mass is 19.1. The number of anilines is 1. The third-order valence-corrected chi connectivity index (χ3v) is 3.02. The van der Waals surface area contributed by atoms with E-state index < -0.39 is 0 Å². The van der Waals surface area contributed by atoms with Gasteiger partial charge in [-0.05, 0) is 12.1 Å². The van der Waals surface area contributed by atoms with E-state index in [4.69, 9.17) is 4.74 Å². The fourth-order valence-corrected chi connectivity index (χ4v) is 2.03. The van der Waals surface area contributed by atoms with E-state index in [1.165, 1.54) is 12.5 Å². The molecule has 0 spiro atoms. The first-order valence-electron chi connectivity index (χ1n) is 6.06. The summed E-state index contributed by atoms with van der Waals surface area (Å²) in [6.45, 7) is 2.09. The van der Waals surface area contributed by atoms with Crippen LogP contribution in [0.25, 0.3) is 0 Å². The van der Waals surface area contributed by atoms with Crippen molar-refractivity contribution in [3.05, 3.63) is 42.9 Å². The van der Waals surface area contributed by atoms with Crippen molar-refractivity contribution in [1.82, 2.24) is 15.0 Å². The second kappa shape index (κ2) is 5.17. The molecule has 0 N–H and O–H groups in total. The van der Waals surface area contributed by atoms with Crippen LogP contribution in [0.4, 0.5) is 10.2 Å². The molecule has 19 heavy (non-hydrogen) atoms. The SMILES string of the molecule is Fc1cncnc1N1CC(COc2cccnc2)C1. The third-order valence-electron chi connectivity index (χ3n) is 3.02. The minimum atomic E-state index is -0.380. The van der Waals surface area contributed by atoms with Crippen LogP contribution in [0.5, 0.6) is 5.75 Å². The fourth-order valence-electron chi connectivity index (χ4n) is 2.03. The van der Waals surface area contributed by atoms with E-state index >= 15 is 0 Å². The summed E-state index contributed by atoms with van der Waals surface area (Å²) in [4.78, 5) is 13.4. The van der Waals surface area contributed by atoms with Gasteiger partial charge in [-0.15, -0.1) is 0 Å². The highest BCUT2D eigenvalue weighted by molar-refractivity contribution is 5.41. The molecule has 0 atom stereocenters. The highest BCUT2D eigenvalue weighted by Crippen LogP contribution is 2.24. The molecule has 2 aromatic heterocycles. The Balaban J connectivity index is 1.50. The van der Waals surface area contributed by atoms with Crippen LogP contribution in [-0.2, 0) is 0 Å². The van der Waals surface area contributed by atoms with Crippen LogP contribution in [0.2, 0.25) is 0 Å². The van der Waals surface area contributed by atoms with Crippen LogP contribution in [0.1, 0.15) is 0 Å². The topological polar surface area (TPSA) is 51.1 Å². The number of hydrogen-bond acceptors (Lipinski definition) is 5. The maximum absolute atomic E-state index is 13.4. The van der Waals surface area contributed by atoms with Gasteiger partial charge in [0.15, 0.2) is 11.6 Å². The first-order chi connectivity index (χ1) is 9.33. The highest BCUT2D eigenvalue weighted by Gasteiger charge is 2.30. The zero-order valence-electron chi connectivity index (χ0n) is 10.2. The summed E-state index contributed by atoms with van der Waals surface area (Å²) in [5.74, 6) is 1.13. The molecule has 0 radical (unpaired) electrons. The molecule has 3 heterocycles. The van der Waals surface area contributed by atoms with E-state index in [0.717, 1.165) is 18.8 Å². The summed E-state index contributed by atoms with van der Waals surface area (Å²) in [6, 6.07) is 3.70. The average Bonchev–Trinajstić information content (AvgIpc) is 2.40. The molecule has 2 aromatic rings.